The molecule has 1 aromatic heterocycles. The molecule has 2 aliphatic rings. The number of ketones is 2. The van der Waals surface area contributed by atoms with E-state index in [0.717, 1.165) is 5.56 Å². The predicted octanol–water partition coefficient (Wildman–Crippen LogP) is 8.97. The molecule has 6 nitrogen and oxygen atoms in total. The lowest BCUT2D eigenvalue weighted by Crippen LogP contribution is -2.58. The van der Waals surface area contributed by atoms with Crippen LogP contribution in [-0.4, -0.2) is 27.1 Å². The summed E-state index contributed by atoms with van der Waals surface area (Å²) in [5, 5.41) is 13.0. The second-order valence-electron chi connectivity index (χ2n) is 11.7. The first-order valence-corrected chi connectivity index (χ1v) is 15.9. The van der Waals surface area contributed by atoms with E-state index in [1.807, 2.05) is 116 Å². The summed E-state index contributed by atoms with van der Waals surface area (Å²) in [5.74, 6) is -1.54. The summed E-state index contributed by atoms with van der Waals surface area (Å²) in [7, 11) is 0. The molecule has 0 spiro atoms. The van der Waals surface area contributed by atoms with Crippen LogP contribution in [0.3, 0.4) is 0 Å². The molecular weight excluding hydrogens is 627 g/mol. The van der Waals surface area contributed by atoms with Gasteiger partial charge in [0.15, 0.2) is 11.3 Å². The number of carbonyl (C=O) groups excluding carboxylic acids is 2. The first kappa shape index (κ1) is 29.1. The lowest BCUT2D eigenvalue weighted by molar-refractivity contribution is 0.0741. The van der Waals surface area contributed by atoms with Crippen LogP contribution in [0.25, 0.3) is 16.9 Å². The monoisotopic (exact) mass is 652 g/mol. The van der Waals surface area contributed by atoms with Crippen molar-refractivity contribution in [1.29, 1.82) is 0 Å². The van der Waals surface area contributed by atoms with Crippen molar-refractivity contribution in [3.05, 3.63) is 171 Å². The SMILES string of the molecule is Cc1ccc([C@]23C(=O)c4c(c(-c5ccc(Cl)cc5)nn4-c4ccccc4)C(=O)[C@H]2C(c2ccc(Cl)cc2)=NN3c2ccccc2)cc1. The van der Waals surface area contributed by atoms with Crippen LogP contribution in [0.15, 0.2) is 139 Å². The molecule has 0 unspecified atom stereocenters. The molecule has 0 saturated carbocycles. The summed E-state index contributed by atoms with van der Waals surface area (Å²) in [6, 6.07) is 41.1. The quantitative estimate of drug-likeness (QED) is 0.186. The largest absolute Gasteiger partial charge is 0.293 e. The number of rotatable bonds is 5. The van der Waals surface area contributed by atoms with Crippen molar-refractivity contribution in [2.45, 2.75) is 12.5 Å². The molecule has 2 atom stereocenters. The average Bonchev–Trinajstić information content (AvgIpc) is 3.68. The fourth-order valence-electron chi connectivity index (χ4n) is 6.76. The van der Waals surface area contributed by atoms with E-state index in [-0.39, 0.29) is 22.8 Å². The minimum absolute atomic E-state index is 0.205. The molecule has 8 heteroatoms. The van der Waals surface area contributed by atoms with E-state index in [4.69, 9.17) is 33.4 Å². The number of carbonyl (C=O) groups is 2. The summed E-state index contributed by atoms with van der Waals surface area (Å²) in [5.41, 5.74) is 4.17. The van der Waals surface area contributed by atoms with Crippen LogP contribution < -0.4 is 5.01 Å². The van der Waals surface area contributed by atoms with Gasteiger partial charge in [0.2, 0.25) is 5.78 Å². The van der Waals surface area contributed by atoms with Gasteiger partial charge in [0.25, 0.3) is 0 Å². The average molecular weight is 654 g/mol. The second kappa shape index (κ2) is 11.2. The van der Waals surface area contributed by atoms with Gasteiger partial charge in [0, 0.05) is 15.6 Å². The summed E-state index contributed by atoms with van der Waals surface area (Å²) in [4.78, 5) is 31.2. The number of para-hydroxylation sites is 2. The van der Waals surface area contributed by atoms with E-state index >= 15 is 9.59 Å². The van der Waals surface area contributed by atoms with Crippen LogP contribution in [-0.2, 0) is 5.54 Å². The van der Waals surface area contributed by atoms with Crippen molar-refractivity contribution in [3.63, 3.8) is 0 Å². The molecule has 0 amide bonds. The van der Waals surface area contributed by atoms with Gasteiger partial charge in [0.1, 0.15) is 17.3 Å². The molecule has 6 aromatic rings. The molecule has 1 aliphatic carbocycles. The van der Waals surface area contributed by atoms with E-state index in [1.165, 1.54) is 0 Å². The maximum atomic E-state index is 15.8. The molecular formula is C39H26Cl2N4O2. The molecule has 0 saturated heterocycles. The Morgan fingerprint density at radius 3 is 1.81 bits per heavy atom. The van der Waals surface area contributed by atoms with E-state index in [9.17, 15) is 0 Å². The molecule has 0 fully saturated rings. The van der Waals surface area contributed by atoms with Gasteiger partial charge in [-0.25, -0.2) is 9.69 Å². The van der Waals surface area contributed by atoms with E-state index in [1.54, 1.807) is 34.0 Å². The third kappa shape index (κ3) is 4.48. The molecule has 0 N–H and O–H groups in total. The van der Waals surface area contributed by atoms with Gasteiger partial charge in [-0.05, 0) is 66.6 Å². The van der Waals surface area contributed by atoms with Crippen LogP contribution >= 0.6 is 23.2 Å². The molecule has 228 valence electrons. The molecule has 1 aliphatic heterocycles. The van der Waals surface area contributed by atoms with Crippen molar-refractivity contribution in [2.24, 2.45) is 11.0 Å². The Morgan fingerprint density at radius 1 is 0.660 bits per heavy atom. The fourth-order valence-corrected chi connectivity index (χ4v) is 7.01. The second-order valence-corrected chi connectivity index (χ2v) is 12.6. The normalized spacial score (nSPS) is 18.6. The van der Waals surface area contributed by atoms with Gasteiger partial charge in [-0.15, -0.1) is 0 Å². The first-order valence-electron chi connectivity index (χ1n) is 15.2. The van der Waals surface area contributed by atoms with Crippen molar-refractivity contribution in [1.82, 2.24) is 9.78 Å². The van der Waals surface area contributed by atoms with Crippen LogP contribution in [0.5, 0.6) is 0 Å². The molecule has 0 radical (unpaired) electrons. The van der Waals surface area contributed by atoms with Crippen LogP contribution in [0.1, 0.15) is 37.5 Å². The zero-order valence-corrected chi connectivity index (χ0v) is 26.7. The van der Waals surface area contributed by atoms with Crippen LogP contribution in [0.4, 0.5) is 5.69 Å². The molecule has 5 aromatic carbocycles. The number of benzene rings is 5. The molecule has 8 rings (SSSR count). The van der Waals surface area contributed by atoms with Crippen molar-refractivity contribution in [2.75, 3.05) is 5.01 Å². The number of aromatic nitrogens is 2. The highest BCUT2D eigenvalue weighted by Gasteiger charge is 2.66. The highest BCUT2D eigenvalue weighted by Crippen LogP contribution is 2.53. The van der Waals surface area contributed by atoms with Crippen LogP contribution in [0, 0.1) is 12.8 Å². The predicted molar refractivity (Wildman–Crippen MR) is 186 cm³/mol. The topological polar surface area (TPSA) is 67.6 Å². The number of nitrogens with zero attached hydrogens (tertiary/aromatic N) is 4. The Morgan fingerprint density at radius 2 is 1.21 bits per heavy atom. The Labute approximate surface area is 281 Å². The number of hydrogen-bond acceptors (Lipinski definition) is 5. The molecule has 47 heavy (non-hydrogen) atoms. The van der Waals surface area contributed by atoms with Crippen molar-refractivity contribution >= 4 is 46.2 Å². The van der Waals surface area contributed by atoms with E-state index < -0.39 is 11.5 Å². The van der Waals surface area contributed by atoms with E-state index in [2.05, 4.69) is 0 Å². The smallest absolute Gasteiger partial charge is 0.215 e. The van der Waals surface area contributed by atoms with Gasteiger partial charge in [-0.1, -0.05) is 114 Å². The van der Waals surface area contributed by atoms with Crippen molar-refractivity contribution < 1.29 is 9.59 Å². The standard InChI is InChI=1S/C39H26Cl2N4O2/c1-24-12-18-27(19-13-24)39-33(35(26-16-22-29(41)23-17-26)43-45(39)31-10-6-3-7-11-31)37(46)32-34(25-14-20-28(40)21-15-25)42-44(36(32)38(39)47)30-8-4-2-5-9-30/h2-23,33H,1H3/t33-,39-/m1/s1. The molecule has 2 heterocycles. The van der Waals surface area contributed by atoms with E-state index in [0.29, 0.717) is 49.5 Å². The van der Waals surface area contributed by atoms with Gasteiger partial charge < -0.3 is 0 Å². The zero-order valence-electron chi connectivity index (χ0n) is 25.1. The zero-order chi connectivity index (χ0) is 32.3. The Kier molecular flexibility index (Phi) is 6.94. The third-order valence-electron chi connectivity index (χ3n) is 8.94. The Hall–Kier alpha value is -5.30. The maximum absolute atomic E-state index is 15.8. The Bertz CT molecular complexity index is 2190. The number of hydrogen-bond donors (Lipinski definition) is 0. The van der Waals surface area contributed by atoms with Gasteiger partial charge in [-0.3, -0.25) is 9.59 Å². The number of Topliss-reactive ketones (excluding diaryl/α,β-unsaturated/α-hetero) is 2. The summed E-state index contributed by atoms with van der Waals surface area (Å²) >= 11 is 12.6. The third-order valence-corrected chi connectivity index (χ3v) is 9.44. The minimum atomic E-state index is -1.56. The summed E-state index contributed by atoms with van der Waals surface area (Å²) in [6.07, 6.45) is 0. The number of halogens is 2. The first-order chi connectivity index (χ1) is 22.9. The fraction of sp³-hybridized carbons (Fsp3) is 0.0769. The number of anilines is 1. The summed E-state index contributed by atoms with van der Waals surface area (Å²) < 4.78 is 1.61. The maximum Gasteiger partial charge on any atom is 0.215 e. The van der Waals surface area contributed by atoms with Crippen LogP contribution in [0.2, 0.25) is 10.0 Å². The number of fused-ring (bicyclic) bond motifs is 2. The van der Waals surface area contributed by atoms with Crippen molar-refractivity contribution in [3.8, 4) is 16.9 Å². The van der Waals surface area contributed by atoms with Gasteiger partial charge in [-0.2, -0.15) is 10.2 Å². The van der Waals surface area contributed by atoms with Gasteiger partial charge >= 0.3 is 0 Å². The minimum Gasteiger partial charge on any atom is -0.293 e. The van der Waals surface area contributed by atoms with Gasteiger partial charge in [0.05, 0.1) is 22.6 Å². The number of aryl methyl sites for hydroxylation is 1. The molecule has 0 bridgehead atoms. The Balaban J connectivity index is 1.49. The highest BCUT2D eigenvalue weighted by atomic mass is 35.5. The lowest BCUT2D eigenvalue weighted by Gasteiger charge is -2.42. The lowest BCUT2D eigenvalue weighted by atomic mass is 9.64. The number of hydrazone groups is 1. The highest BCUT2D eigenvalue weighted by molar-refractivity contribution is 6.34. The summed E-state index contributed by atoms with van der Waals surface area (Å²) in [6.45, 7) is 1.99.